The number of carbonyl (C=O) groups is 1. The number of hydrogen-bond acceptors (Lipinski definition) is 4. The molecule has 0 aliphatic carbocycles. The average Bonchev–Trinajstić information content (AvgIpc) is 2.36. The van der Waals surface area contributed by atoms with Crippen LogP contribution < -0.4 is 4.74 Å². The lowest BCUT2D eigenvalue weighted by Gasteiger charge is -2.08. The van der Waals surface area contributed by atoms with Gasteiger partial charge in [0.15, 0.2) is 11.5 Å². The molecule has 0 amide bonds. The number of aromatic nitrogens is 1. The van der Waals surface area contributed by atoms with Crippen molar-refractivity contribution in [2.45, 2.75) is 0 Å². The topological polar surface area (TPSA) is 48.4 Å². The van der Waals surface area contributed by atoms with Crippen LogP contribution in [0.2, 0.25) is 5.02 Å². The van der Waals surface area contributed by atoms with Crippen molar-refractivity contribution in [3.63, 3.8) is 0 Å². The number of halogens is 2. The molecule has 0 fully saturated rings. The molecule has 94 valence electrons. The molecule has 1 heterocycles. The van der Waals surface area contributed by atoms with E-state index in [4.69, 9.17) is 16.3 Å². The molecule has 0 aliphatic heterocycles. The van der Waals surface area contributed by atoms with Crippen LogP contribution in [0.5, 0.6) is 5.75 Å². The minimum absolute atomic E-state index is 0.0131. The molecule has 2 aromatic rings. The van der Waals surface area contributed by atoms with Crippen molar-refractivity contribution >= 4 is 28.5 Å². The predicted molar refractivity (Wildman–Crippen MR) is 64.6 cm³/mol. The predicted octanol–water partition coefficient (Wildman–Crippen LogP) is 2.82. The van der Waals surface area contributed by atoms with Crippen molar-refractivity contribution in [3.05, 3.63) is 34.7 Å². The van der Waals surface area contributed by atoms with E-state index in [1.807, 2.05) is 0 Å². The van der Waals surface area contributed by atoms with Crippen molar-refractivity contribution in [2.75, 3.05) is 14.2 Å². The Bertz CT molecular complexity index is 630. The van der Waals surface area contributed by atoms with Crippen molar-refractivity contribution in [1.82, 2.24) is 4.98 Å². The van der Waals surface area contributed by atoms with Crippen molar-refractivity contribution in [2.24, 2.45) is 0 Å². The summed E-state index contributed by atoms with van der Waals surface area (Å²) < 4.78 is 23.4. The highest BCUT2D eigenvalue weighted by Crippen LogP contribution is 2.30. The number of hydrogen-bond donors (Lipinski definition) is 0. The maximum Gasteiger partial charge on any atom is 0.356 e. The third-order valence-corrected chi connectivity index (χ3v) is 2.63. The van der Waals surface area contributed by atoms with Gasteiger partial charge in [-0.3, -0.25) is 0 Å². The zero-order valence-corrected chi connectivity index (χ0v) is 10.4. The van der Waals surface area contributed by atoms with E-state index in [1.165, 1.54) is 26.4 Å². The third-order valence-electron chi connectivity index (χ3n) is 2.41. The molecular formula is C12H9ClFNO3. The Morgan fingerprint density at radius 3 is 2.67 bits per heavy atom. The Hall–Kier alpha value is -1.88. The summed E-state index contributed by atoms with van der Waals surface area (Å²) >= 11 is 5.77. The fraction of sp³-hybridized carbons (Fsp3) is 0.167. The zero-order chi connectivity index (χ0) is 13.3. The summed E-state index contributed by atoms with van der Waals surface area (Å²) in [6, 6.07) is 4.02. The Kier molecular flexibility index (Phi) is 3.34. The van der Waals surface area contributed by atoms with Gasteiger partial charge in [-0.2, -0.15) is 0 Å². The summed E-state index contributed by atoms with van der Waals surface area (Å²) in [5, 5.41) is 0.626. The van der Waals surface area contributed by atoms with Crippen molar-refractivity contribution in [1.29, 1.82) is 0 Å². The lowest BCUT2D eigenvalue weighted by Crippen LogP contribution is -2.05. The first-order valence-electron chi connectivity index (χ1n) is 4.99. The first kappa shape index (κ1) is 12.6. The Labute approximate surface area is 107 Å². The number of ether oxygens (including phenoxy) is 2. The summed E-state index contributed by atoms with van der Waals surface area (Å²) in [7, 11) is 2.63. The van der Waals surface area contributed by atoms with E-state index in [-0.39, 0.29) is 16.2 Å². The fourth-order valence-electron chi connectivity index (χ4n) is 1.60. The summed E-state index contributed by atoms with van der Waals surface area (Å²) in [6.45, 7) is 0. The second kappa shape index (κ2) is 4.78. The van der Waals surface area contributed by atoms with Crippen molar-refractivity contribution < 1.29 is 18.7 Å². The molecule has 0 atom stereocenters. The molecule has 0 N–H and O–H groups in total. The van der Waals surface area contributed by atoms with Gasteiger partial charge in [-0.15, -0.1) is 0 Å². The summed E-state index contributed by atoms with van der Waals surface area (Å²) in [6.07, 6.45) is 0. The molecule has 1 aromatic heterocycles. The fourth-order valence-corrected chi connectivity index (χ4v) is 1.81. The molecule has 0 aliphatic rings. The highest BCUT2D eigenvalue weighted by Gasteiger charge is 2.15. The van der Waals surface area contributed by atoms with Gasteiger partial charge < -0.3 is 9.47 Å². The molecule has 1 aromatic carbocycles. The van der Waals surface area contributed by atoms with Crippen LogP contribution in [0.4, 0.5) is 4.39 Å². The van der Waals surface area contributed by atoms with E-state index in [9.17, 15) is 9.18 Å². The number of rotatable bonds is 2. The molecular weight excluding hydrogens is 261 g/mol. The Balaban J connectivity index is 2.79. The number of esters is 1. The average molecular weight is 270 g/mol. The van der Waals surface area contributed by atoms with Gasteiger partial charge in [0.1, 0.15) is 11.3 Å². The standard InChI is InChI=1S/C12H9ClFNO3/c1-17-10-5-9(12(16)18-2)15-11-7(10)3-6(13)4-8(11)14/h3-5H,1-2H3. The smallest absolute Gasteiger partial charge is 0.356 e. The second-order valence-corrected chi connectivity index (χ2v) is 3.92. The van der Waals surface area contributed by atoms with Gasteiger partial charge in [0.2, 0.25) is 0 Å². The molecule has 0 bridgehead atoms. The van der Waals surface area contributed by atoms with Crippen LogP contribution in [-0.4, -0.2) is 25.2 Å². The molecule has 4 nitrogen and oxygen atoms in total. The van der Waals surface area contributed by atoms with E-state index >= 15 is 0 Å². The highest BCUT2D eigenvalue weighted by atomic mass is 35.5. The lowest BCUT2D eigenvalue weighted by molar-refractivity contribution is 0.0594. The van der Waals surface area contributed by atoms with E-state index < -0.39 is 11.8 Å². The van der Waals surface area contributed by atoms with Gasteiger partial charge in [0.05, 0.1) is 14.2 Å². The minimum Gasteiger partial charge on any atom is -0.496 e. The van der Waals surface area contributed by atoms with Gasteiger partial charge in [-0.05, 0) is 12.1 Å². The number of fused-ring (bicyclic) bond motifs is 1. The van der Waals surface area contributed by atoms with Gasteiger partial charge in [-0.25, -0.2) is 14.2 Å². The van der Waals surface area contributed by atoms with Crippen LogP contribution in [0.25, 0.3) is 10.9 Å². The number of benzene rings is 1. The van der Waals surface area contributed by atoms with Crippen LogP contribution in [0, 0.1) is 5.82 Å². The van der Waals surface area contributed by atoms with Crippen LogP contribution >= 0.6 is 11.6 Å². The normalized spacial score (nSPS) is 10.4. The van der Waals surface area contributed by atoms with E-state index in [2.05, 4.69) is 9.72 Å². The molecule has 0 saturated carbocycles. The van der Waals surface area contributed by atoms with Crippen LogP contribution in [0.3, 0.4) is 0 Å². The number of pyridine rings is 1. The molecule has 0 saturated heterocycles. The quantitative estimate of drug-likeness (QED) is 0.787. The first-order valence-corrected chi connectivity index (χ1v) is 5.36. The number of nitrogens with zero attached hydrogens (tertiary/aromatic N) is 1. The van der Waals surface area contributed by atoms with Gasteiger partial charge in [0, 0.05) is 16.5 Å². The van der Waals surface area contributed by atoms with Gasteiger partial charge in [-0.1, -0.05) is 11.6 Å². The van der Waals surface area contributed by atoms with E-state index in [1.54, 1.807) is 0 Å². The molecule has 0 unspecified atom stereocenters. The molecule has 0 spiro atoms. The van der Waals surface area contributed by atoms with Crippen LogP contribution in [0.15, 0.2) is 18.2 Å². The molecule has 6 heteroatoms. The van der Waals surface area contributed by atoms with Crippen LogP contribution in [-0.2, 0) is 4.74 Å². The summed E-state index contributed by atoms with van der Waals surface area (Å²) in [5.74, 6) is -0.979. The third kappa shape index (κ3) is 2.09. The van der Waals surface area contributed by atoms with Gasteiger partial charge >= 0.3 is 5.97 Å². The zero-order valence-electron chi connectivity index (χ0n) is 9.66. The molecule has 2 rings (SSSR count). The van der Waals surface area contributed by atoms with E-state index in [0.29, 0.717) is 11.1 Å². The van der Waals surface area contributed by atoms with Crippen molar-refractivity contribution in [3.8, 4) is 5.75 Å². The lowest BCUT2D eigenvalue weighted by atomic mass is 10.1. The molecule has 0 radical (unpaired) electrons. The maximum absolute atomic E-state index is 13.8. The SMILES string of the molecule is COC(=O)c1cc(OC)c2cc(Cl)cc(F)c2n1. The maximum atomic E-state index is 13.8. The Morgan fingerprint density at radius 1 is 1.33 bits per heavy atom. The van der Waals surface area contributed by atoms with Crippen LogP contribution in [0.1, 0.15) is 10.5 Å². The summed E-state index contributed by atoms with van der Waals surface area (Å²) in [5.41, 5.74) is -0.0118. The Morgan fingerprint density at radius 2 is 2.06 bits per heavy atom. The van der Waals surface area contributed by atoms with Gasteiger partial charge in [0.25, 0.3) is 0 Å². The number of methoxy groups -OCH3 is 2. The van der Waals surface area contributed by atoms with E-state index in [0.717, 1.165) is 6.07 Å². The number of carbonyl (C=O) groups excluding carboxylic acids is 1. The minimum atomic E-state index is -0.662. The second-order valence-electron chi connectivity index (χ2n) is 3.49. The molecule has 18 heavy (non-hydrogen) atoms. The first-order chi connectivity index (χ1) is 8.56. The monoisotopic (exact) mass is 269 g/mol. The highest BCUT2D eigenvalue weighted by molar-refractivity contribution is 6.31. The largest absolute Gasteiger partial charge is 0.496 e. The summed E-state index contributed by atoms with van der Waals surface area (Å²) in [4.78, 5) is 15.3.